The fraction of sp³-hybridized carbons (Fsp3) is 1.00. The zero-order chi connectivity index (χ0) is 13.5. The van der Waals surface area contributed by atoms with Crippen molar-refractivity contribution in [3.05, 3.63) is 0 Å². The second kappa shape index (κ2) is 7.93. The van der Waals surface area contributed by atoms with Gasteiger partial charge in [-0.15, -0.1) is 0 Å². The molecular formula is C12H25F3N2. The Labute approximate surface area is 103 Å². The Bertz CT molecular complexity index is 193. The predicted octanol–water partition coefficient (Wildman–Crippen LogP) is 2.89. The van der Waals surface area contributed by atoms with Crippen LogP contribution >= 0.6 is 0 Å². The van der Waals surface area contributed by atoms with E-state index in [9.17, 15) is 13.2 Å². The van der Waals surface area contributed by atoms with Crippen LogP contribution in [0.3, 0.4) is 0 Å². The topological polar surface area (TPSA) is 15.3 Å². The molecule has 17 heavy (non-hydrogen) atoms. The Hall–Kier alpha value is -0.290. The molecule has 1 N–H and O–H groups in total. The minimum Gasteiger partial charge on any atom is -0.315 e. The maximum atomic E-state index is 12.3. The van der Waals surface area contributed by atoms with Crippen molar-refractivity contribution in [1.29, 1.82) is 0 Å². The molecule has 0 aromatic heterocycles. The van der Waals surface area contributed by atoms with Crippen LogP contribution in [0.15, 0.2) is 0 Å². The molecule has 0 aliphatic carbocycles. The zero-order valence-corrected chi connectivity index (χ0v) is 11.3. The maximum absolute atomic E-state index is 12.3. The number of nitrogens with zero attached hydrogens (tertiary/aromatic N) is 1. The summed E-state index contributed by atoms with van der Waals surface area (Å²) in [4.78, 5) is 1.40. The smallest absolute Gasteiger partial charge is 0.315 e. The van der Waals surface area contributed by atoms with E-state index in [0.717, 1.165) is 19.4 Å². The number of likely N-dealkylation sites (N-methyl/N-ethyl adjacent to an activating group) is 1. The lowest BCUT2D eigenvalue weighted by Gasteiger charge is -2.29. The molecule has 104 valence electrons. The van der Waals surface area contributed by atoms with Gasteiger partial charge in [-0.2, -0.15) is 13.2 Å². The molecule has 0 spiro atoms. The Morgan fingerprint density at radius 1 is 1.18 bits per heavy atom. The molecule has 2 nitrogen and oxygen atoms in total. The van der Waals surface area contributed by atoms with E-state index in [1.54, 1.807) is 7.05 Å². The van der Waals surface area contributed by atoms with Gasteiger partial charge in [-0.3, -0.25) is 4.90 Å². The van der Waals surface area contributed by atoms with E-state index in [2.05, 4.69) is 19.2 Å². The summed E-state index contributed by atoms with van der Waals surface area (Å²) in [5.41, 5.74) is 0. The fourth-order valence-electron chi connectivity index (χ4n) is 1.76. The molecule has 0 saturated carbocycles. The number of alkyl halides is 3. The first-order valence-electron chi connectivity index (χ1n) is 6.24. The van der Waals surface area contributed by atoms with Crippen molar-refractivity contribution < 1.29 is 13.2 Å². The van der Waals surface area contributed by atoms with Crippen LogP contribution in [0.25, 0.3) is 0 Å². The first-order chi connectivity index (χ1) is 7.76. The third kappa shape index (κ3) is 9.41. The summed E-state index contributed by atoms with van der Waals surface area (Å²) >= 11 is 0. The molecule has 5 heteroatoms. The van der Waals surface area contributed by atoms with Gasteiger partial charge >= 0.3 is 6.18 Å². The number of hydrogen-bond acceptors (Lipinski definition) is 2. The van der Waals surface area contributed by atoms with Gasteiger partial charge < -0.3 is 5.32 Å². The standard InChI is InChI=1S/C12H25F3N2/c1-5-6-11(8-16-7-10(2)3)17(4)9-12(13,14)15/h10-11,16H,5-9H2,1-4H3. The Kier molecular flexibility index (Phi) is 7.79. The highest BCUT2D eigenvalue weighted by molar-refractivity contribution is 4.73. The van der Waals surface area contributed by atoms with Crippen molar-refractivity contribution in [2.24, 2.45) is 5.92 Å². The lowest BCUT2D eigenvalue weighted by Crippen LogP contribution is -2.44. The van der Waals surface area contributed by atoms with E-state index < -0.39 is 12.7 Å². The zero-order valence-electron chi connectivity index (χ0n) is 11.3. The number of nitrogens with one attached hydrogen (secondary N) is 1. The molecule has 1 atom stereocenters. The normalized spacial score (nSPS) is 14.6. The molecule has 0 aromatic carbocycles. The van der Waals surface area contributed by atoms with Crippen molar-refractivity contribution in [3.8, 4) is 0 Å². The molecule has 0 saturated heterocycles. The second-order valence-electron chi connectivity index (χ2n) is 5.02. The summed E-state index contributed by atoms with van der Waals surface area (Å²) in [5.74, 6) is 0.519. The average Bonchev–Trinajstić information content (AvgIpc) is 2.13. The van der Waals surface area contributed by atoms with Gasteiger partial charge in [0, 0.05) is 12.6 Å². The number of hydrogen-bond donors (Lipinski definition) is 1. The third-order valence-corrected chi connectivity index (χ3v) is 2.61. The molecule has 0 bridgehead atoms. The number of halogens is 3. The highest BCUT2D eigenvalue weighted by Gasteiger charge is 2.31. The summed E-state index contributed by atoms with van der Waals surface area (Å²) in [7, 11) is 1.55. The van der Waals surface area contributed by atoms with Gasteiger partial charge in [0.05, 0.1) is 6.54 Å². The van der Waals surface area contributed by atoms with E-state index in [4.69, 9.17) is 0 Å². The summed E-state index contributed by atoms with van der Waals surface area (Å²) in [6.45, 7) is 6.80. The molecule has 0 aliphatic rings. The van der Waals surface area contributed by atoms with Crippen molar-refractivity contribution >= 4 is 0 Å². The molecule has 1 unspecified atom stereocenters. The van der Waals surface area contributed by atoms with Crippen LogP contribution in [0, 0.1) is 5.92 Å². The van der Waals surface area contributed by atoms with Gasteiger partial charge in [0.2, 0.25) is 0 Å². The Morgan fingerprint density at radius 3 is 2.18 bits per heavy atom. The van der Waals surface area contributed by atoms with Gasteiger partial charge in [0.25, 0.3) is 0 Å². The van der Waals surface area contributed by atoms with Gasteiger partial charge in [-0.25, -0.2) is 0 Å². The lowest BCUT2D eigenvalue weighted by molar-refractivity contribution is -0.147. The van der Waals surface area contributed by atoms with Gasteiger partial charge in [-0.1, -0.05) is 27.2 Å². The SMILES string of the molecule is CCCC(CNCC(C)C)N(C)CC(F)(F)F. The summed E-state index contributed by atoms with van der Waals surface area (Å²) < 4.78 is 36.9. The lowest BCUT2D eigenvalue weighted by atomic mass is 10.1. The van der Waals surface area contributed by atoms with Gasteiger partial charge in [0.15, 0.2) is 0 Å². The second-order valence-corrected chi connectivity index (χ2v) is 5.02. The van der Waals surface area contributed by atoms with E-state index >= 15 is 0 Å². The van der Waals surface area contributed by atoms with E-state index in [-0.39, 0.29) is 6.04 Å². The Morgan fingerprint density at radius 2 is 1.76 bits per heavy atom. The first kappa shape index (κ1) is 16.7. The fourth-order valence-corrected chi connectivity index (χ4v) is 1.76. The van der Waals surface area contributed by atoms with Crippen LogP contribution in [0.4, 0.5) is 13.2 Å². The highest BCUT2D eigenvalue weighted by Crippen LogP contribution is 2.18. The quantitative estimate of drug-likeness (QED) is 0.716. The molecule has 0 rings (SSSR count). The number of rotatable bonds is 8. The molecule has 0 amide bonds. The summed E-state index contributed by atoms with van der Waals surface area (Å²) in [6, 6.07) is -0.0413. The molecule has 0 fully saturated rings. The summed E-state index contributed by atoms with van der Waals surface area (Å²) in [5, 5.41) is 3.23. The van der Waals surface area contributed by atoms with Gasteiger partial charge in [-0.05, 0) is 25.9 Å². The van der Waals surface area contributed by atoms with Crippen LogP contribution in [0.1, 0.15) is 33.6 Å². The van der Waals surface area contributed by atoms with Crippen molar-refractivity contribution in [1.82, 2.24) is 10.2 Å². The maximum Gasteiger partial charge on any atom is 0.401 e. The van der Waals surface area contributed by atoms with Crippen LogP contribution < -0.4 is 5.32 Å². The van der Waals surface area contributed by atoms with Crippen LogP contribution in [-0.4, -0.2) is 43.8 Å². The van der Waals surface area contributed by atoms with Crippen molar-refractivity contribution in [2.45, 2.75) is 45.8 Å². The Balaban J connectivity index is 4.11. The molecule has 0 radical (unpaired) electrons. The monoisotopic (exact) mass is 254 g/mol. The third-order valence-electron chi connectivity index (χ3n) is 2.61. The molecule has 0 aromatic rings. The minimum atomic E-state index is -4.11. The van der Waals surface area contributed by atoms with Crippen LogP contribution in [0.5, 0.6) is 0 Å². The molecular weight excluding hydrogens is 229 g/mol. The largest absolute Gasteiger partial charge is 0.401 e. The highest BCUT2D eigenvalue weighted by atomic mass is 19.4. The van der Waals surface area contributed by atoms with Crippen LogP contribution in [-0.2, 0) is 0 Å². The van der Waals surface area contributed by atoms with E-state index in [1.165, 1.54) is 4.90 Å². The summed E-state index contributed by atoms with van der Waals surface area (Å²) in [6.07, 6.45) is -2.42. The average molecular weight is 254 g/mol. The van der Waals surface area contributed by atoms with Crippen molar-refractivity contribution in [2.75, 3.05) is 26.7 Å². The van der Waals surface area contributed by atoms with E-state index in [0.29, 0.717) is 12.5 Å². The minimum absolute atomic E-state index is 0.0413. The predicted molar refractivity (Wildman–Crippen MR) is 65.1 cm³/mol. The molecule has 0 aliphatic heterocycles. The molecule has 0 heterocycles. The van der Waals surface area contributed by atoms with Crippen LogP contribution in [0.2, 0.25) is 0 Å². The first-order valence-corrected chi connectivity index (χ1v) is 6.24. The van der Waals surface area contributed by atoms with Gasteiger partial charge in [0.1, 0.15) is 0 Å². The van der Waals surface area contributed by atoms with E-state index in [1.807, 2.05) is 6.92 Å². The van der Waals surface area contributed by atoms with Crippen molar-refractivity contribution in [3.63, 3.8) is 0 Å².